The molecule has 14 heavy (non-hydrogen) atoms. The average Bonchev–Trinajstić information content (AvgIpc) is 1.97. The second kappa shape index (κ2) is 6.04. The van der Waals surface area contributed by atoms with Crippen LogP contribution in [-0.2, 0) is 9.53 Å². The van der Waals surface area contributed by atoms with Gasteiger partial charge in [-0.15, -0.1) is 11.6 Å². The monoisotopic (exact) mass is 221 g/mol. The fraction of sp³-hybridized carbons (Fsp3) is 0.700. The van der Waals surface area contributed by atoms with E-state index in [1.54, 1.807) is 6.92 Å². The van der Waals surface area contributed by atoms with Gasteiger partial charge in [0.1, 0.15) is 0 Å². The Morgan fingerprint density at radius 1 is 1.57 bits per heavy atom. The Kier molecular flexibility index (Phi) is 6.86. The molecule has 0 aliphatic heterocycles. The summed E-state index contributed by atoms with van der Waals surface area (Å²) < 4.78 is 4.97. The number of carbonyl (C=O) groups is 1. The predicted octanol–water partition coefficient (Wildman–Crippen LogP) is 2.92. The van der Waals surface area contributed by atoms with Crippen LogP contribution in [0.25, 0.3) is 0 Å². The number of alkyl halides is 1. The lowest BCUT2D eigenvalue weighted by molar-refractivity contribution is -0.140. The van der Waals surface area contributed by atoms with Gasteiger partial charge in [0, 0.05) is 16.4 Å². The highest BCUT2D eigenvalue weighted by molar-refractivity contribution is 6.23. The molecule has 84 valence electrons. The summed E-state index contributed by atoms with van der Waals surface area (Å²) in [6.07, 6.45) is 0. The van der Waals surface area contributed by atoms with Crippen molar-refractivity contribution in [2.45, 2.75) is 32.6 Å². The molecular formula is C10H20ClNO2. The zero-order valence-electron chi connectivity index (χ0n) is 9.39. The van der Waals surface area contributed by atoms with Crippen molar-refractivity contribution in [3.8, 4) is 0 Å². The molecule has 0 bridgehead atoms. The lowest BCUT2D eigenvalue weighted by Crippen LogP contribution is -2.27. The van der Waals surface area contributed by atoms with Gasteiger partial charge >= 0.3 is 5.97 Å². The second-order valence-electron chi connectivity index (χ2n) is 3.84. The van der Waals surface area contributed by atoms with Gasteiger partial charge in [0.2, 0.25) is 0 Å². The third-order valence-corrected chi connectivity index (χ3v) is 2.36. The van der Waals surface area contributed by atoms with Crippen LogP contribution in [0.1, 0.15) is 27.7 Å². The van der Waals surface area contributed by atoms with E-state index in [0.717, 1.165) is 0 Å². The predicted molar refractivity (Wildman–Crippen MR) is 59.9 cm³/mol. The van der Waals surface area contributed by atoms with E-state index in [0.29, 0.717) is 12.2 Å². The SMILES string of the molecule is C=C(C)C(=O)OCC(C)C(C)(C)Cl.N. The van der Waals surface area contributed by atoms with Crippen LogP contribution in [0.4, 0.5) is 0 Å². The number of hydrogen-bond acceptors (Lipinski definition) is 3. The molecule has 0 rings (SSSR count). The Hall–Kier alpha value is -0.540. The number of halogens is 1. The van der Waals surface area contributed by atoms with Crippen LogP contribution in [0, 0.1) is 5.92 Å². The first kappa shape index (κ1) is 15.9. The number of esters is 1. The number of ether oxygens (including phenoxy) is 1. The highest BCUT2D eigenvalue weighted by Gasteiger charge is 2.23. The van der Waals surface area contributed by atoms with Crippen molar-refractivity contribution in [1.29, 1.82) is 0 Å². The highest BCUT2D eigenvalue weighted by Crippen LogP contribution is 2.24. The molecule has 1 atom stereocenters. The minimum Gasteiger partial charge on any atom is -0.462 e. The number of rotatable bonds is 4. The first-order valence-electron chi connectivity index (χ1n) is 4.26. The van der Waals surface area contributed by atoms with Crippen LogP contribution in [0.3, 0.4) is 0 Å². The molecule has 3 N–H and O–H groups in total. The summed E-state index contributed by atoms with van der Waals surface area (Å²) in [4.78, 5) is 10.7. The quantitative estimate of drug-likeness (QED) is 0.451. The van der Waals surface area contributed by atoms with Crippen LogP contribution < -0.4 is 6.15 Å². The third kappa shape index (κ3) is 6.00. The van der Waals surface area contributed by atoms with E-state index in [9.17, 15) is 4.79 Å². The normalized spacial score (nSPS) is 12.6. The topological polar surface area (TPSA) is 61.3 Å². The lowest BCUT2D eigenvalue weighted by Gasteiger charge is -2.24. The van der Waals surface area contributed by atoms with Gasteiger partial charge in [-0.3, -0.25) is 0 Å². The van der Waals surface area contributed by atoms with Crippen molar-refractivity contribution >= 4 is 17.6 Å². The molecule has 0 radical (unpaired) electrons. The third-order valence-electron chi connectivity index (χ3n) is 1.98. The maximum absolute atomic E-state index is 11.0. The first-order chi connectivity index (χ1) is 5.75. The van der Waals surface area contributed by atoms with Crippen molar-refractivity contribution in [3.63, 3.8) is 0 Å². The van der Waals surface area contributed by atoms with Crippen LogP contribution in [0.5, 0.6) is 0 Å². The second-order valence-corrected chi connectivity index (χ2v) is 4.82. The van der Waals surface area contributed by atoms with Gasteiger partial charge in [0.15, 0.2) is 0 Å². The van der Waals surface area contributed by atoms with Crippen molar-refractivity contribution in [2.75, 3.05) is 6.61 Å². The van der Waals surface area contributed by atoms with E-state index in [4.69, 9.17) is 16.3 Å². The van der Waals surface area contributed by atoms with Gasteiger partial charge in [0.25, 0.3) is 0 Å². The molecule has 0 aromatic heterocycles. The van der Waals surface area contributed by atoms with Gasteiger partial charge in [-0.05, 0) is 20.8 Å². The van der Waals surface area contributed by atoms with Gasteiger partial charge in [0.05, 0.1) is 6.61 Å². The minimum atomic E-state index is -0.354. The molecule has 3 nitrogen and oxygen atoms in total. The van der Waals surface area contributed by atoms with Crippen LogP contribution in [0.2, 0.25) is 0 Å². The van der Waals surface area contributed by atoms with Gasteiger partial charge in [-0.1, -0.05) is 13.5 Å². The fourth-order valence-corrected chi connectivity index (χ4v) is 0.585. The molecule has 0 aromatic carbocycles. The standard InChI is InChI=1S/C10H17ClO2.H3N/c1-7(2)9(12)13-6-8(3)10(4,5)11;/h8H,1,6H2,2-5H3;1H3. The van der Waals surface area contributed by atoms with Crippen molar-refractivity contribution in [2.24, 2.45) is 5.92 Å². The maximum Gasteiger partial charge on any atom is 0.333 e. The molecule has 1 unspecified atom stereocenters. The molecule has 0 spiro atoms. The van der Waals surface area contributed by atoms with Gasteiger partial charge in [-0.2, -0.15) is 0 Å². The molecule has 4 heteroatoms. The summed E-state index contributed by atoms with van der Waals surface area (Å²) >= 11 is 6.03. The summed E-state index contributed by atoms with van der Waals surface area (Å²) in [6.45, 7) is 11.2. The maximum atomic E-state index is 11.0. The Labute approximate surface area is 91.0 Å². The van der Waals surface area contributed by atoms with Crippen molar-refractivity contribution in [3.05, 3.63) is 12.2 Å². The summed E-state index contributed by atoms with van der Waals surface area (Å²) in [6, 6.07) is 0. The van der Waals surface area contributed by atoms with Crippen molar-refractivity contribution in [1.82, 2.24) is 6.15 Å². The Morgan fingerprint density at radius 2 is 2.00 bits per heavy atom. The van der Waals surface area contributed by atoms with E-state index in [1.807, 2.05) is 20.8 Å². The van der Waals surface area contributed by atoms with E-state index in [2.05, 4.69) is 6.58 Å². The zero-order valence-corrected chi connectivity index (χ0v) is 10.1. The van der Waals surface area contributed by atoms with E-state index >= 15 is 0 Å². The summed E-state index contributed by atoms with van der Waals surface area (Å²) in [5.41, 5.74) is 0.416. The molecule has 0 saturated carbocycles. The molecule has 0 amide bonds. The molecule has 0 saturated heterocycles. The Bertz CT molecular complexity index is 209. The smallest absolute Gasteiger partial charge is 0.333 e. The van der Waals surface area contributed by atoms with Gasteiger partial charge in [-0.25, -0.2) is 4.79 Å². The largest absolute Gasteiger partial charge is 0.462 e. The van der Waals surface area contributed by atoms with Crippen LogP contribution in [-0.4, -0.2) is 17.5 Å². The molecule has 0 aliphatic carbocycles. The lowest BCUT2D eigenvalue weighted by atomic mass is 9.98. The van der Waals surface area contributed by atoms with Gasteiger partial charge < -0.3 is 10.9 Å². The highest BCUT2D eigenvalue weighted by atomic mass is 35.5. The van der Waals surface area contributed by atoms with E-state index < -0.39 is 0 Å². The Balaban J connectivity index is 0. The molecule has 0 aliphatic rings. The fourth-order valence-electron chi connectivity index (χ4n) is 0.522. The number of carbonyl (C=O) groups excluding carboxylic acids is 1. The molecule has 0 heterocycles. The van der Waals surface area contributed by atoms with E-state index in [-0.39, 0.29) is 22.9 Å². The molecular weight excluding hydrogens is 202 g/mol. The summed E-state index contributed by atoms with van der Waals surface area (Å²) in [5, 5.41) is 0. The number of hydrogen-bond donors (Lipinski definition) is 1. The minimum absolute atomic E-state index is 0. The van der Waals surface area contributed by atoms with Crippen molar-refractivity contribution < 1.29 is 9.53 Å². The molecule has 0 aromatic rings. The van der Waals surface area contributed by atoms with Crippen LogP contribution >= 0.6 is 11.6 Å². The van der Waals surface area contributed by atoms with Crippen LogP contribution in [0.15, 0.2) is 12.2 Å². The van der Waals surface area contributed by atoms with E-state index in [1.165, 1.54) is 0 Å². The first-order valence-corrected chi connectivity index (χ1v) is 4.64. The summed E-state index contributed by atoms with van der Waals surface area (Å²) in [7, 11) is 0. The Morgan fingerprint density at radius 3 is 2.29 bits per heavy atom. The summed E-state index contributed by atoms with van der Waals surface area (Å²) in [5.74, 6) is -0.231. The zero-order chi connectivity index (χ0) is 10.6. The average molecular weight is 222 g/mol. The molecule has 0 fully saturated rings.